The molecule has 0 radical (unpaired) electrons. The van der Waals surface area contributed by atoms with E-state index in [2.05, 4.69) is 15.9 Å². The van der Waals surface area contributed by atoms with Crippen LogP contribution in [-0.4, -0.2) is 19.5 Å². The average molecular weight is 263 g/mol. The molecular weight excluding hydrogens is 252 g/mol. The minimum absolute atomic E-state index is 0.227. The first-order valence-corrected chi connectivity index (χ1v) is 5.64. The van der Waals surface area contributed by atoms with Crippen LogP contribution < -0.4 is 0 Å². The van der Waals surface area contributed by atoms with Crippen molar-refractivity contribution in [1.29, 1.82) is 0 Å². The second kappa shape index (κ2) is 5.52. The second-order valence-corrected chi connectivity index (χ2v) is 4.50. The Balaban J connectivity index is 2.41. The van der Waals surface area contributed by atoms with Crippen LogP contribution in [0.3, 0.4) is 0 Å². The number of ether oxygens (including phenoxy) is 1. The standard InChI is InChI=1S/C9H11BrO2S/c1-12-4-2-7(11)6-9-8(10)3-5-13-9/h3,5H,2,4,6H2,1H3. The SMILES string of the molecule is COCCC(=O)Cc1sccc1Br. The van der Waals surface area contributed by atoms with Gasteiger partial charge in [0.05, 0.1) is 6.61 Å². The van der Waals surface area contributed by atoms with E-state index in [0.717, 1.165) is 9.35 Å². The molecule has 1 aromatic rings. The number of halogens is 1. The fourth-order valence-corrected chi connectivity index (χ4v) is 2.46. The Hall–Kier alpha value is -0.190. The van der Waals surface area contributed by atoms with Gasteiger partial charge in [0.15, 0.2) is 0 Å². The molecule has 0 aromatic carbocycles. The van der Waals surface area contributed by atoms with Gasteiger partial charge in [-0.05, 0) is 27.4 Å². The van der Waals surface area contributed by atoms with E-state index >= 15 is 0 Å². The zero-order valence-electron chi connectivity index (χ0n) is 7.38. The number of rotatable bonds is 5. The largest absolute Gasteiger partial charge is 0.384 e. The summed E-state index contributed by atoms with van der Waals surface area (Å²) < 4.78 is 5.86. The van der Waals surface area contributed by atoms with Gasteiger partial charge < -0.3 is 4.74 Å². The van der Waals surface area contributed by atoms with Crippen molar-refractivity contribution < 1.29 is 9.53 Å². The molecule has 0 atom stereocenters. The van der Waals surface area contributed by atoms with Crippen LogP contribution in [0.2, 0.25) is 0 Å². The Morgan fingerprint density at radius 2 is 2.46 bits per heavy atom. The molecule has 1 aromatic heterocycles. The van der Waals surface area contributed by atoms with Crippen LogP contribution >= 0.6 is 27.3 Å². The molecular formula is C9H11BrO2S. The smallest absolute Gasteiger partial charge is 0.140 e. The highest BCUT2D eigenvalue weighted by Crippen LogP contribution is 2.23. The Kier molecular flexibility index (Phi) is 4.62. The summed E-state index contributed by atoms with van der Waals surface area (Å²) in [5, 5.41) is 1.98. The molecule has 0 amide bonds. The molecule has 0 aliphatic carbocycles. The lowest BCUT2D eigenvalue weighted by molar-refractivity contribution is -0.119. The molecule has 13 heavy (non-hydrogen) atoms. The third-order valence-corrected chi connectivity index (χ3v) is 3.56. The van der Waals surface area contributed by atoms with Crippen molar-refractivity contribution in [2.75, 3.05) is 13.7 Å². The van der Waals surface area contributed by atoms with Gasteiger partial charge >= 0.3 is 0 Å². The molecule has 4 heteroatoms. The molecule has 72 valence electrons. The van der Waals surface area contributed by atoms with Crippen LogP contribution in [0.4, 0.5) is 0 Å². The van der Waals surface area contributed by atoms with E-state index in [0.29, 0.717) is 19.4 Å². The molecule has 2 nitrogen and oxygen atoms in total. The predicted molar refractivity (Wildman–Crippen MR) is 57.2 cm³/mol. The molecule has 0 spiro atoms. The van der Waals surface area contributed by atoms with Gasteiger partial charge in [0.2, 0.25) is 0 Å². The highest BCUT2D eigenvalue weighted by molar-refractivity contribution is 9.10. The first kappa shape index (κ1) is 10.9. The van der Waals surface area contributed by atoms with Crippen molar-refractivity contribution in [1.82, 2.24) is 0 Å². The fraction of sp³-hybridized carbons (Fsp3) is 0.444. The lowest BCUT2D eigenvalue weighted by Gasteiger charge is -1.98. The van der Waals surface area contributed by atoms with Crippen molar-refractivity contribution in [3.05, 3.63) is 20.8 Å². The van der Waals surface area contributed by atoms with Gasteiger partial charge in [-0.25, -0.2) is 0 Å². The Morgan fingerprint density at radius 3 is 3.00 bits per heavy atom. The third kappa shape index (κ3) is 3.58. The average Bonchev–Trinajstić information content (AvgIpc) is 2.48. The number of hydrogen-bond acceptors (Lipinski definition) is 3. The molecule has 0 saturated carbocycles. The summed E-state index contributed by atoms with van der Waals surface area (Å²) in [5.41, 5.74) is 0. The molecule has 0 unspecified atom stereocenters. The lowest BCUT2D eigenvalue weighted by Crippen LogP contribution is -2.05. The van der Waals surface area contributed by atoms with Crippen molar-refractivity contribution in [3.63, 3.8) is 0 Å². The summed E-state index contributed by atoms with van der Waals surface area (Å²) in [6, 6.07) is 1.96. The van der Waals surface area contributed by atoms with E-state index in [-0.39, 0.29) is 5.78 Å². The Labute approximate surface area is 90.0 Å². The number of hydrogen-bond donors (Lipinski definition) is 0. The normalized spacial score (nSPS) is 10.3. The molecule has 1 rings (SSSR count). The summed E-state index contributed by atoms with van der Waals surface area (Å²) >= 11 is 4.99. The van der Waals surface area contributed by atoms with E-state index in [4.69, 9.17) is 4.74 Å². The second-order valence-electron chi connectivity index (χ2n) is 2.65. The minimum atomic E-state index is 0.227. The first-order chi connectivity index (χ1) is 6.24. The lowest BCUT2D eigenvalue weighted by atomic mass is 10.2. The summed E-state index contributed by atoms with van der Waals surface area (Å²) in [6.07, 6.45) is 1.02. The zero-order chi connectivity index (χ0) is 9.68. The molecule has 0 aliphatic rings. The predicted octanol–water partition coefficient (Wildman–Crippen LogP) is 2.66. The number of carbonyl (C=O) groups excluding carboxylic acids is 1. The minimum Gasteiger partial charge on any atom is -0.384 e. The van der Waals surface area contributed by atoms with Gasteiger partial charge in [0.25, 0.3) is 0 Å². The maximum Gasteiger partial charge on any atom is 0.140 e. The van der Waals surface area contributed by atoms with E-state index < -0.39 is 0 Å². The number of carbonyl (C=O) groups is 1. The van der Waals surface area contributed by atoms with Crippen molar-refractivity contribution in [3.8, 4) is 0 Å². The van der Waals surface area contributed by atoms with Crippen LogP contribution in [0.1, 0.15) is 11.3 Å². The maximum atomic E-state index is 11.3. The Bertz CT molecular complexity index is 283. The molecule has 1 heterocycles. The van der Waals surface area contributed by atoms with E-state index in [1.165, 1.54) is 0 Å². The fourth-order valence-electron chi connectivity index (χ4n) is 0.935. The first-order valence-electron chi connectivity index (χ1n) is 3.96. The van der Waals surface area contributed by atoms with Gasteiger partial charge in [0.1, 0.15) is 5.78 Å². The van der Waals surface area contributed by atoms with E-state index in [1.54, 1.807) is 18.4 Å². The van der Waals surface area contributed by atoms with Crippen LogP contribution in [0.5, 0.6) is 0 Å². The summed E-state index contributed by atoms with van der Waals surface area (Å²) in [7, 11) is 1.61. The number of ketones is 1. The van der Waals surface area contributed by atoms with Crippen LogP contribution in [-0.2, 0) is 16.0 Å². The van der Waals surface area contributed by atoms with Crippen LogP contribution in [0, 0.1) is 0 Å². The van der Waals surface area contributed by atoms with Gasteiger partial charge in [-0.1, -0.05) is 0 Å². The topological polar surface area (TPSA) is 26.3 Å². The van der Waals surface area contributed by atoms with Gasteiger partial charge in [-0.15, -0.1) is 11.3 Å². The number of thiophene rings is 1. The van der Waals surface area contributed by atoms with Crippen LogP contribution in [0.25, 0.3) is 0 Å². The third-order valence-electron chi connectivity index (χ3n) is 1.63. The quantitative estimate of drug-likeness (QED) is 0.816. The van der Waals surface area contributed by atoms with Crippen LogP contribution in [0.15, 0.2) is 15.9 Å². The maximum absolute atomic E-state index is 11.3. The number of Topliss-reactive ketones (excluding diaryl/α,β-unsaturated/α-hetero) is 1. The zero-order valence-corrected chi connectivity index (χ0v) is 9.78. The number of methoxy groups -OCH3 is 1. The molecule has 0 fully saturated rings. The van der Waals surface area contributed by atoms with Gasteiger partial charge in [-0.2, -0.15) is 0 Å². The highest BCUT2D eigenvalue weighted by atomic mass is 79.9. The van der Waals surface area contributed by atoms with E-state index in [9.17, 15) is 4.79 Å². The summed E-state index contributed by atoms with van der Waals surface area (Å²) in [4.78, 5) is 12.4. The summed E-state index contributed by atoms with van der Waals surface area (Å²) in [5.74, 6) is 0.227. The molecule has 0 aliphatic heterocycles. The van der Waals surface area contributed by atoms with Gasteiger partial charge in [-0.3, -0.25) is 4.79 Å². The molecule has 0 bridgehead atoms. The van der Waals surface area contributed by atoms with E-state index in [1.807, 2.05) is 11.4 Å². The Morgan fingerprint density at radius 1 is 1.69 bits per heavy atom. The highest BCUT2D eigenvalue weighted by Gasteiger charge is 2.07. The van der Waals surface area contributed by atoms with Crippen molar-refractivity contribution in [2.24, 2.45) is 0 Å². The molecule has 0 N–H and O–H groups in total. The summed E-state index contributed by atoms with van der Waals surface area (Å²) in [6.45, 7) is 0.516. The molecule has 0 saturated heterocycles. The van der Waals surface area contributed by atoms with Gasteiger partial charge in [0, 0.05) is 29.3 Å². The monoisotopic (exact) mass is 262 g/mol. The van der Waals surface area contributed by atoms with Crippen molar-refractivity contribution >= 4 is 33.0 Å². The van der Waals surface area contributed by atoms with Crippen molar-refractivity contribution in [2.45, 2.75) is 12.8 Å².